The average Bonchev–Trinajstić information content (AvgIpc) is 2.73. The Labute approximate surface area is 170 Å². The lowest BCUT2D eigenvalue weighted by molar-refractivity contribution is 0.102. The van der Waals surface area contributed by atoms with Crippen LogP contribution in [-0.2, 0) is 10.0 Å². The summed E-state index contributed by atoms with van der Waals surface area (Å²) in [5.41, 5.74) is 8.94. The Balaban J connectivity index is 1.60. The van der Waals surface area contributed by atoms with E-state index in [1.807, 2.05) is 6.92 Å². The smallest absolute Gasteiger partial charge is 0.255 e. The molecule has 1 heterocycles. The van der Waals surface area contributed by atoms with Crippen LogP contribution in [0.3, 0.4) is 0 Å². The summed E-state index contributed by atoms with van der Waals surface area (Å²) < 4.78 is 27.3. The molecule has 0 spiro atoms. The molecular formula is C21H22N4O3S. The van der Waals surface area contributed by atoms with Crippen molar-refractivity contribution in [2.24, 2.45) is 5.73 Å². The lowest BCUT2D eigenvalue weighted by atomic mass is 10.1. The number of hydrogen-bond acceptors (Lipinski definition) is 5. The predicted molar refractivity (Wildman–Crippen MR) is 112 cm³/mol. The standard InChI is InChI=1S/C21H22N4O3S/c1-15-2-8-19(9-3-15)29(27,28)24-14-20(22)16-4-6-17(7-5-16)21(26)25-18-10-12-23-13-11-18/h2-13,20,24H,14,22H2,1H3,(H,23,25,26). The number of nitrogens with zero attached hydrogens (tertiary/aromatic N) is 1. The Bertz CT molecular complexity index is 1070. The fraction of sp³-hybridized carbons (Fsp3) is 0.143. The predicted octanol–water partition coefficient (Wildman–Crippen LogP) is 2.62. The summed E-state index contributed by atoms with van der Waals surface area (Å²) in [7, 11) is -3.64. The highest BCUT2D eigenvalue weighted by Crippen LogP contribution is 2.15. The van der Waals surface area contributed by atoms with E-state index in [2.05, 4.69) is 15.0 Å². The molecule has 0 saturated carbocycles. The number of amides is 1. The maximum Gasteiger partial charge on any atom is 0.255 e. The number of carbonyl (C=O) groups excluding carboxylic acids is 1. The molecule has 1 amide bonds. The van der Waals surface area contributed by atoms with Gasteiger partial charge in [-0.15, -0.1) is 0 Å². The molecule has 0 bridgehead atoms. The number of rotatable bonds is 7. The molecule has 1 unspecified atom stereocenters. The molecule has 1 aromatic heterocycles. The number of carbonyl (C=O) groups is 1. The molecule has 29 heavy (non-hydrogen) atoms. The van der Waals surface area contributed by atoms with Gasteiger partial charge in [-0.1, -0.05) is 29.8 Å². The van der Waals surface area contributed by atoms with Gasteiger partial charge in [-0.25, -0.2) is 13.1 Å². The van der Waals surface area contributed by atoms with E-state index in [1.165, 1.54) is 0 Å². The molecule has 150 valence electrons. The van der Waals surface area contributed by atoms with Gasteiger partial charge in [-0.2, -0.15) is 0 Å². The molecule has 0 aliphatic heterocycles. The van der Waals surface area contributed by atoms with Crippen molar-refractivity contribution in [2.75, 3.05) is 11.9 Å². The van der Waals surface area contributed by atoms with Gasteiger partial charge in [0.05, 0.1) is 4.90 Å². The molecule has 7 nitrogen and oxygen atoms in total. The van der Waals surface area contributed by atoms with Crippen molar-refractivity contribution >= 4 is 21.6 Å². The molecule has 0 radical (unpaired) electrons. The summed E-state index contributed by atoms with van der Waals surface area (Å²) in [5, 5.41) is 2.77. The Morgan fingerprint density at radius 3 is 2.24 bits per heavy atom. The number of benzene rings is 2. The summed E-state index contributed by atoms with van der Waals surface area (Å²) in [4.78, 5) is 16.4. The second kappa shape index (κ2) is 8.95. The van der Waals surface area contributed by atoms with Crippen molar-refractivity contribution < 1.29 is 13.2 Å². The van der Waals surface area contributed by atoms with Gasteiger partial charge in [-0.3, -0.25) is 9.78 Å². The van der Waals surface area contributed by atoms with Crippen LogP contribution in [0.2, 0.25) is 0 Å². The van der Waals surface area contributed by atoms with E-state index in [0.717, 1.165) is 11.1 Å². The summed E-state index contributed by atoms with van der Waals surface area (Å²) in [6, 6.07) is 16.2. The van der Waals surface area contributed by atoms with Crippen LogP contribution in [0.25, 0.3) is 0 Å². The zero-order valence-electron chi connectivity index (χ0n) is 15.9. The molecule has 0 fully saturated rings. The molecule has 3 rings (SSSR count). The highest BCUT2D eigenvalue weighted by atomic mass is 32.2. The van der Waals surface area contributed by atoms with E-state index in [0.29, 0.717) is 11.3 Å². The highest BCUT2D eigenvalue weighted by Gasteiger charge is 2.16. The molecule has 8 heteroatoms. The maximum atomic E-state index is 12.4. The zero-order valence-corrected chi connectivity index (χ0v) is 16.7. The van der Waals surface area contributed by atoms with Crippen molar-refractivity contribution in [1.82, 2.24) is 9.71 Å². The molecular weight excluding hydrogens is 388 g/mol. The first-order valence-electron chi connectivity index (χ1n) is 8.98. The van der Waals surface area contributed by atoms with Gasteiger partial charge < -0.3 is 11.1 Å². The normalized spacial score (nSPS) is 12.3. The van der Waals surface area contributed by atoms with Crippen LogP contribution >= 0.6 is 0 Å². The molecule has 2 aromatic carbocycles. The molecule has 0 aliphatic carbocycles. The largest absolute Gasteiger partial charge is 0.323 e. The summed E-state index contributed by atoms with van der Waals surface area (Å²) >= 11 is 0. The fourth-order valence-corrected chi connectivity index (χ4v) is 3.70. The van der Waals surface area contributed by atoms with E-state index in [9.17, 15) is 13.2 Å². The molecule has 4 N–H and O–H groups in total. The first-order valence-corrected chi connectivity index (χ1v) is 10.5. The second-order valence-electron chi connectivity index (χ2n) is 6.58. The quantitative estimate of drug-likeness (QED) is 0.554. The minimum atomic E-state index is -3.64. The first-order chi connectivity index (χ1) is 13.8. The number of aryl methyl sites for hydroxylation is 1. The number of nitrogens with one attached hydrogen (secondary N) is 2. The maximum absolute atomic E-state index is 12.4. The highest BCUT2D eigenvalue weighted by molar-refractivity contribution is 7.89. The SMILES string of the molecule is Cc1ccc(S(=O)(=O)NCC(N)c2ccc(C(=O)Nc3ccncc3)cc2)cc1. The first kappa shape index (κ1) is 20.7. The van der Waals surface area contributed by atoms with E-state index >= 15 is 0 Å². The zero-order chi connectivity index (χ0) is 20.9. The number of anilines is 1. The summed E-state index contributed by atoms with van der Waals surface area (Å²) in [5.74, 6) is -0.253. The molecule has 3 aromatic rings. The van der Waals surface area contributed by atoms with Crippen molar-refractivity contribution in [3.63, 3.8) is 0 Å². The number of hydrogen-bond donors (Lipinski definition) is 3. The van der Waals surface area contributed by atoms with Gasteiger partial charge in [-0.05, 0) is 48.9 Å². The van der Waals surface area contributed by atoms with Crippen LogP contribution in [0, 0.1) is 6.92 Å². The van der Waals surface area contributed by atoms with Crippen LogP contribution in [0.4, 0.5) is 5.69 Å². The minimum absolute atomic E-state index is 0.0404. The van der Waals surface area contributed by atoms with Crippen molar-refractivity contribution in [3.8, 4) is 0 Å². The number of nitrogens with two attached hydrogens (primary N) is 1. The Morgan fingerprint density at radius 2 is 1.62 bits per heavy atom. The van der Waals surface area contributed by atoms with Gasteiger partial charge in [0.15, 0.2) is 0 Å². The Morgan fingerprint density at radius 1 is 1.00 bits per heavy atom. The summed E-state index contributed by atoms with van der Waals surface area (Å²) in [6.45, 7) is 1.93. The number of pyridine rings is 1. The monoisotopic (exact) mass is 410 g/mol. The number of sulfonamides is 1. The minimum Gasteiger partial charge on any atom is -0.323 e. The van der Waals surface area contributed by atoms with E-state index in [1.54, 1.807) is 73.1 Å². The lowest BCUT2D eigenvalue weighted by Gasteiger charge is -2.14. The Hall–Kier alpha value is -3.07. The summed E-state index contributed by atoms with van der Waals surface area (Å²) in [6.07, 6.45) is 3.19. The van der Waals surface area contributed by atoms with Crippen LogP contribution in [-0.4, -0.2) is 25.9 Å². The number of aromatic nitrogens is 1. The van der Waals surface area contributed by atoms with Crippen LogP contribution < -0.4 is 15.8 Å². The Kier molecular flexibility index (Phi) is 6.38. The fourth-order valence-electron chi connectivity index (χ4n) is 2.64. The second-order valence-corrected chi connectivity index (χ2v) is 8.35. The van der Waals surface area contributed by atoms with Gasteiger partial charge in [0.1, 0.15) is 0 Å². The molecule has 0 aliphatic rings. The average molecular weight is 410 g/mol. The lowest BCUT2D eigenvalue weighted by Crippen LogP contribution is -2.32. The third-order valence-corrected chi connectivity index (χ3v) is 5.80. The third kappa shape index (κ3) is 5.47. The molecule has 1 atom stereocenters. The van der Waals surface area contributed by atoms with Crippen molar-refractivity contribution in [3.05, 3.63) is 89.7 Å². The van der Waals surface area contributed by atoms with Crippen LogP contribution in [0.15, 0.2) is 78.0 Å². The molecule has 0 saturated heterocycles. The van der Waals surface area contributed by atoms with Crippen LogP contribution in [0.5, 0.6) is 0 Å². The van der Waals surface area contributed by atoms with Gasteiger partial charge in [0, 0.05) is 36.2 Å². The van der Waals surface area contributed by atoms with E-state index in [4.69, 9.17) is 5.73 Å². The van der Waals surface area contributed by atoms with Crippen molar-refractivity contribution in [1.29, 1.82) is 0 Å². The van der Waals surface area contributed by atoms with Crippen molar-refractivity contribution in [2.45, 2.75) is 17.9 Å². The van der Waals surface area contributed by atoms with Gasteiger partial charge in [0.2, 0.25) is 10.0 Å². The van der Waals surface area contributed by atoms with Crippen LogP contribution in [0.1, 0.15) is 27.5 Å². The van der Waals surface area contributed by atoms with Gasteiger partial charge >= 0.3 is 0 Å². The topological polar surface area (TPSA) is 114 Å². The van der Waals surface area contributed by atoms with E-state index in [-0.39, 0.29) is 17.3 Å². The van der Waals surface area contributed by atoms with Gasteiger partial charge in [0.25, 0.3) is 5.91 Å². The third-order valence-electron chi connectivity index (χ3n) is 4.36. The van der Waals surface area contributed by atoms with E-state index < -0.39 is 16.1 Å².